The lowest BCUT2D eigenvalue weighted by Crippen LogP contribution is -2.47. The van der Waals surface area contributed by atoms with E-state index in [-0.39, 0.29) is 6.42 Å². The number of ether oxygens (including phenoxy) is 2. The summed E-state index contributed by atoms with van der Waals surface area (Å²) in [5.41, 5.74) is 0.0202. The first-order chi connectivity index (χ1) is 13.3. The number of rotatable bonds is 5. The zero-order valence-corrected chi connectivity index (χ0v) is 17.5. The Balaban J connectivity index is 2.16. The second-order valence-corrected chi connectivity index (χ2v) is 8.58. The Hall–Kier alpha value is -3.10. The number of alkyl carbamates (subject to hydrolysis) is 1. The van der Waals surface area contributed by atoms with Crippen molar-refractivity contribution in [3.05, 3.63) is 40.4 Å². The van der Waals surface area contributed by atoms with Gasteiger partial charge >= 0.3 is 17.8 Å². The van der Waals surface area contributed by atoms with Crippen molar-refractivity contribution in [2.45, 2.75) is 65.2 Å². The molecule has 2 aromatic rings. The van der Waals surface area contributed by atoms with Crippen LogP contribution < -0.4 is 11.1 Å². The van der Waals surface area contributed by atoms with Gasteiger partial charge in [0.1, 0.15) is 17.2 Å². The standard InChI is InChI=1S/C20H27N3O6/c1-19(2,3)27-16(24)14(21-17(25)28-20(4,5)6)11-12-7-9-13(10-8-12)15-22-18(26)29-23-15/h7-10,14H,11H2,1-6H3,(H,21,25)(H,22,23,26)/t14-/m0/s1. The maximum atomic E-state index is 12.6. The van der Waals surface area contributed by atoms with Gasteiger partial charge in [0.05, 0.1) is 0 Å². The van der Waals surface area contributed by atoms with Crippen molar-refractivity contribution < 1.29 is 23.6 Å². The van der Waals surface area contributed by atoms with Crippen LogP contribution >= 0.6 is 0 Å². The van der Waals surface area contributed by atoms with Gasteiger partial charge in [-0.25, -0.2) is 14.4 Å². The van der Waals surface area contributed by atoms with Crippen LogP contribution in [0.25, 0.3) is 11.4 Å². The molecular weight excluding hydrogens is 378 g/mol. The van der Waals surface area contributed by atoms with E-state index in [0.717, 1.165) is 5.56 Å². The molecule has 0 unspecified atom stereocenters. The van der Waals surface area contributed by atoms with Crippen LogP contribution in [0.3, 0.4) is 0 Å². The highest BCUT2D eigenvalue weighted by Gasteiger charge is 2.29. The Morgan fingerprint density at radius 2 is 1.66 bits per heavy atom. The molecule has 0 saturated carbocycles. The number of carbonyl (C=O) groups is 2. The van der Waals surface area contributed by atoms with E-state index >= 15 is 0 Å². The second kappa shape index (κ2) is 8.50. The van der Waals surface area contributed by atoms with Crippen molar-refractivity contribution in [1.82, 2.24) is 15.5 Å². The van der Waals surface area contributed by atoms with E-state index in [0.29, 0.717) is 11.4 Å². The Kier molecular flexibility index (Phi) is 6.51. The lowest BCUT2D eigenvalue weighted by Gasteiger charge is -2.26. The molecule has 0 aliphatic heterocycles. The topological polar surface area (TPSA) is 124 Å². The monoisotopic (exact) mass is 405 g/mol. The SMILES string of the molecule is CC(C)(C)OC(=O)N[C@@H](Cc1ccc(-c2noc(=O)[nH]2)cc1)C(=O)OC(C)(C)C. The van der Waals surface area contributed by atoms with Crippen molar-refractivity contribution in [3.63, 3.8) is 0 Å². The molecule has 0 radical (unpaired) electrons. The highest BCUT2D eigenvalue weighted by Crippen LogP contribution is 2.17. The predicted molar refractivity (Wildman–Crippen MR) is 105 cm³/mol. The summed E-state index contributed by atoms with van der Waals surface area (Å²) in [6.07, 6.45) is -0.505. The molecule has 1 atom stereocenters. The van der Waals surface area contributed by atoms with Crippen LogP contribution in [-0.4, -0.2) is 39.4 Å². The highest BCUT2D eigenvalue weighted by atomic mass is 16.6. The summed E-state index contributed by atoms with van der Waals surface area (Å²) < 4.78 is 15.2. The maximum absolute atomic E-state index is 12.6. The van der Waals surface area contributed by atoms with E-state index in [1.54, 1.807) is 65.8 Å². The van der Waals surface area contributed by atoms with Gasteiger partial charge in [0.25, 0.3) is 0 Å². The molecule has 1 aromatic carbocycles. The average molecular weight is 405 g/mol. The normalized spacial score (nSPS) is 12.9. The van der Waals surface area contributed by atoms with Gasteiger partial charge in [0.15, 0.2) is 5.82 Å². The number of nitrogens with one attached hydrogen (secondary N) is 2. The third-order valence-electron chi connectivity index (χ3n) is 3.49. The number of amides is 1. The molecule has 9 heteroatoms. The van der Waals surface area contributed by atoms with Gasteiger partial charge in [-0.3, -0.25) is 9.51 Å². The molecule has 2 rings (SSSR count). The maximum Gasteiger partial charge on any atom is 0.439 e. The molecule has 2 N–H and O–H groups in total. The molecule has 1 aromatic heterocycles. The lowest BCUT2D eigenvalue weighted by molar-refractivity contribution is -0.157. The van der Waals surface area contributed by atoms with Crippen molar-refractivity contribution in [2.24, 2.45) is 0 Å². The van der Waals surface area contributed by atoms with Crippen molar-refractivity contribution in [2.75, 3.05) is 0 Å². The Labute approximate surface area is 168 Å². The third-order valence-corrected chi connectivity index (χ3v) is 3.49. The van der Waals surface area contributed by atoms with Gasteiger partial charge in [0.2, 0.25) is 0 Å². The molecule has 1 heterocycles. The van der Waals surface area contributed by atoms with Crippen LogP contribution in [0.15, 0.2) is 33.6 Å². The summed E-state index contributed by atoms with van der Waals surface area (Å²) in [5, 5.41) is 6.21. The number of benzene rings is 1. The molecule has 0 bridgehead atoms. The Bertz CT molecular complexity index is 900. The van der Waals surface area contributed by atoms with Crippen LogP contribution in [-0.2, 0) is 20.7 Å². The summed E-state index contributed by atoms with van der Waals surface area (Å²) in [5.74, 6) is -0.902. The van der Waals surface area contributed by atoms with E-state index in [1.807, 2.05) is 0 Å². The fourth-order valence-corrected chi connectivity index (χ4v) is 2.40. The van der Waals surface area contributed by atoms with Crippen molar-refractivity contribution in [1.29, 1.82) is 0 Å². The minimum Gasteiger partial charge on any atom is -0.458 e. The minimum atomic E-state index is -0.929. The van der Waals surface area contributed by atoms with E-state index in [1.165, 1.54) is 0 Å². The van der Waals surface area contributed by atoms with Crippen molar-refractivity contribution >= 4 is 12.1 Å². The van der Waals surface area contributed by atoms with Crippen LogP contribution in [0.2, 0.25) is 0 Å². The summed E-state index contributed by atoms with van der Waals surface area (Å²) >= 11 is 0. The fourth-order valence-electron chi connectivity index (χ4n) is 2.40. The number of carbonyl (C=O) groups excluding carboxylic acids is 2. The number of esters is 1. The van der Waals surface area contributed by atoms with Gasteiger partial charge in [0, 0.05) is 12.0 Å². The third kappa shape index (κ3) is 7.44. The summed E-state index contributed by atoms with van der Waals surface area (Å²) in [7, 11) is 0. The van der Waals surface area contributed by atoms with E-state index in [2.05, 4.69) is 20.0 Å². The summed E-state index contributed by atoms with van der Waals surface area (Å²) in [4.78, 5) is 38.3. The van der Waals surface area contributed by atoms with Crippen molar-refractivity contribution in [3.8, 4) is 11.4 Å². The van der Waals surface area contributed by atoms with Crippen LogP contribution in [0.1, 0.15) is 47.1 Å². The molecular formula is C20H27N3O6. The zero-order chi connectivity index (χ0) is 21.8. The largest absolute Gasteiger partial charge is 0.458 e. The van der Waals surface area contributed by atoms with Gasteiger partial charge in [-0.1, -0.05) is 29.4 Å². The Morgan fingerprint density at radius 3 is 2.14 bits per heavy atom. The van der Waals surface area contributed by atoms with Gasteiger partial charge < -0.3 is 14.8 Å². The number of H-pyrrole nitrogens is 1. The molecule has 29 heavy (non-hydrogen) atoms. The summed E-state index contributed by atoms with van der Waals surface area (Å²) in [6.45, 7) is 10.5. The van der Waals surface area contributed by atoms with Gasteiger partial charge in [-0.15, -0.1) is 0 Å². The van der Waals surface area contributed by atoms with Crippen LogP contribution in [0, 0.1) is 0 Å². The molecule has 9 nitrogen and oxygen atoms in total. The Morgan fingerprint density at radius 1 is 1.07 bits per heavy atom. The van der Waals surface area contributed by atoms with E-state index < -0.39 is 35.1 Å². The average Bonchev–Trinajstić information content (AvgIpc) is 2.98. The molecule has 0 aliphatic carbocycles. The lowest BCUT2D eigenvalue weighted by atomic mass is 10.0. The minimum absolute atomic E-state index is 0.198. The first-order valence-corrected chi connectivity index (χ1v) is 9.20. The summed E-state index contributed by atoms with van der Waals surface area (Å²) in [6, 6.07) is 6.04. The molecule has 0 saturated heterocycles. The second-order valence-electron chi connectivity index (χ2n) is 8.58. The predicted octanol–water partition coefficient (Wildman–Crippen LogP) is 2.81. The number of aromatic nitrogens is 2. The number of hydrogen-bond donors (Lipinski definition) is 2. The number of aromatic amines is 1. The quantitative estimate of drug-likeness (QED) is 0.733. The van der Waals surface area contributed by atoms with Crippen LogP contribution in [0.5, 0.6) is 0 Å². The number of nitrogens with zero attached hydrogens (tertiary/aromatic N) is 1. The van der Waals surface area contributed by atoms with E-state index in [4.69, 9.17) is 9.47 Å². The zero-order valence-electron chi connectivity index (χ0n) is 17.5. The van der Waals surface area contributed by atoms with Gasteiger partial charge in [-0.05, 0) is 47.1 Å². The highest BCUT2D eigenvalue weighted by molar-refractivity contribution is 5.82. The van der Waals surface area contributed by atoms with Gasteiger partial charge in [-0.2, -0.15) is 0 Å². The first-order valence-electron chi connectivity index (χ1n) is 9.20. The smallest absolute Gasteiger partial charge is 0.439 e. The molecule has 1 amide bonds. The molecule has 158 valence electrons. The molecule has 0 aliphatic rings. The fraction of sp³-hybridized carbons (Fsp3) is 0.500. The number of hydrogen-bond acceptors (Lipinski definition) is 7. The molecule has 0 fully saturated rings. The van der Waals surface area contributed by atoms with Crippen LogP contribution in [0.4, 0.5) is 4.79 Å². The molecule has 0 spiro atoms. The van der Waals surface area contributed by atoms with E-state index in [9.17, 15) is 14.4 Å². The first kappa shape index (κ1) is 22.2.